The molecule has 1 heterocycles. The minimum atomic E-state index is -1.17. The largest absolute Gasteiger partial charge is 0.481 e. The van der Waals surface area contributed by atoms with Crippen LogP contribution in [0.1, 0.15) is 11.3 Å². The van der Waals surface area contributed by atoms with Gasteiger partial charge in [-0.2, -0.15) is 0 Å². The van der Waals surface area contributed by atoms with Crippen LogP contribution in [-0.4, -0.2) is 28.2 Å². The van der Waals surface area contributed by atoms with Crippen molar-refractivity contribution in [1.29, 1.82) is 0 Å². The second-order valence-electron chi connectivity index (χ2n) is 3.50. The molecule has 4 N–H and O–H groups in total. The maximum Gasteiger partial charge on any atom is 0.320 e. The molecule has 0 saturated carbocycles. The highest BCUT2D eigenvalue weighted by Crippen LogP contribution is 2.18. The normalized spacial score (nSPS) is 14.3. The molecule has 2 atom stereocenters. The van der Waals surface area contributed by atoms with Gasteiger partial charge in [0.2, 0.25) is 0 Å². The van der Waals surface area contributed by atoms with Gasteiger partial charge in [-0.25, -0.2) is 0 Å². The number of rotatable bonds is 6. The molecule has 0 radical (unpaired) electrons. The Hall–Kier alpha value is -1.40. The molecular formula is C10H13NO4S. The summed E-state index contributed by atoms with van der Waals surface area (Å²) in [6.07, 6.45) is 0.274. The van der Waals surface area contributed by atoms with E-state index < -0.39 is 23.9 Å². The zero-order chi connectivity index (χ0) is 12.1. The predicted molar refractivity (Wildman–Crippen MR) is 59.4 cm³/mol. The first kappa shape index (κ1) is 12.7. The van der Waals surface area contributed by atoms with Gasteiger partial charge in [0.05, 0.1) is 5.92 Å². The van der Waals surface area contributed by atoms with E-state index in [9.17, 15) is 9.59 Å². The minimum absolute atomic E-state index is 0.0530. The molecule has 0 spiro atoms. The van der Waals surface area contributed by atoms with Crippen LogP contribution in [-0.2, 0) is 16.0 Å². The number of carbonyl (C=O) groups is 2. The molecule has 5 nitrogen and oxygen atoms in total. The average molecular weight is 243 g/mol. The summed E-state index contributed by atoms with van der Waals surface area (Å²) in [4.78, 5) is 22.4. The van der Waals surface area contributed by atoms with Crippen molar-refractivity contribution >= 4 is 23.3 Å². The predicted octanol–water partition coefficient (Wildman–Crippen LogP) is 0.793. The van der Waals surface area contributed by atoms with Gasteiger partial charge in [-0.3, -0.25) is 9.59 Å². The summed E-state index contributed by atoms with van der Waals surface area (Å²) in [5, 5.41) is 19.4. The average Bonchev–Trinajstić information content (AvgIpc) is 2.68. The Morgan fingerprint density at radius 1 is 1.38 bits per heavy atom. The molecule has 0 aliphatic heterocycles. The van der Waals surface area contributed by atoms with E-state index in [4.69, 9.17) is 15.9 Å². The van der Waals surface area contributed by atoms with Crippen molar-refractivity contribution in [1.82, 2.24) is 0 Å². The molecule has 0 unspecified atom stereocenters. The highest BCUT2D eigenvalue weighted by atomic mass is 32.1. The van der Waals surface area contributed by atoms with Crippen LogP contribution in [0.25, 0.3) is 0 Å². The molecule has 1 aromatic heterocycles. The first-order valence-corrected chi connectivity index (χ1v) is 5.62. The maximum atomic E-state index is 10.9. The van der Waals surface area contributed by atoms with Crippen LogP contribution in [0, 0.1) is 5.92 Å². The van der Waals surface area contributed by atoms with Crippen molar-refractivity contribution < 1.29 is 19.8 Å². The van der Waals surface area contributed by atoms with Crippen molar-refractivity contribution in [3.63, 3.8) is 0 Å². The van der Waals surface area contributed by atoms with Crippen molar-refractivity contribution in [2.75, 3.05) is 0 Å². The highest BCUT2D eigenvalue weighted by molar-refractivity contribution is 7.09. The van der Waals surface area contributed by atoms with Gasteiger partial charge in [0.25, 0.3) is 0 Å². The number of hydrogen-bond acceptors (Lipinski definition) is 4. The Morgan fingerprint density at radius 3 is 2.50 bits per heavy atom. The molecule has 16 heavy (non-hydrogen) atoms. The summed E-state index contributed by atoms with van der Waals surface area (Å²) in [6.45, 7) is 0. The molecule has 0 aliphatic carbocycles. The van der Waals surface area contributed by atoms with Crippen molar-refractivity contribution in [3.8, 4) is 0 Å². The lowest BCUT2D eigenvalue weighted by molar-refractivity contribution is -0.143. The molecule has 6 heteroatoms. The van der Waals surface area contributed by atoms with Gasteiger partial charge in [-0.05, 0) is 24.3 Å². The fraction of sp³-hybridized carbons (Fsp3) is 0.400. The van der Waals surface area contributed by atoms with E-state index in [2.05, 4.69) is 0 Å². The second-order valence-corrected chi connectivity index (χ2v) is 4.53. The highest BCUT2D eigenvalue weighted by Gasteiger charge is 2.24. The van der Waals surface area contributed by atoms with Crippen LogP contribution in [0.2, 0.25) is 0 Å². The quantitative estimate of drug-likeness (QED) is 0.686. The summed E-state index contributed by atoms with van der Waals surface area (Å²) >= 11 is 1.45. The monoisotopic (exact) mass is 243 g/mol. The summed E-state index contributed by atoms with van der Waals surface area (Å²) in [5.74, 6) is -2.92. The molecule has 0 amide bonds. The SMILES string of the molecule is N[C@@H](C[C@H](Cc1cccs1)C(=O)O)C(=O)O. The number of carboxylic acids is 2. The smallest absolute Gasteiger partial charge is 0.320 e. The lowest BCUT2D eigenvalue weighted by Gasteiger charge is -2.13. The summed E-state index contributed by atoms with van der Waals surface area (Å²) in [5.41, 5.74) is 5.32. The van der Waals surface area contributed by atoms with E-state index in [0.29, 0.717) is 6.42 Å². The maximum absolute atomic E-state index is 10.9. The van der Waals surface area contributed by atoms with Gasteiger partial charge in [-0.15, -0.1) is 11.3 Å². The fourth-order valence-electron chi connectivity index (χ4n) is 1.35. The Morgan fingerprint density at radius 2 is 2.06 bits per heavy atom. The Kier molecular flexibility index (Phi) is 4.45. The lowest BCUT2D eigenvalue weighted by atomic mass is 9.96. The summed E-state index contributed by atoms with van der Waals surface area (Å²) in [6, 6.07) is 2.53. The Labute approximate surface area is 96.5 Å². The summed E-state index contributed by atoms with van der Waals surface area (Å²) < 4.78 is 0. The van der Waals surface area contributed by atoms with E-state index in [1.807, 2.05) is 17.5 Å². The van der Waals surface area contributed by atoms with E-state index in [0.717, 1.165) is 4.88 Å². The van der Waals surface area contributed by atoms with Crippen molar-refractivity contribution in [2.24, 2.45) is 11.7 Å². The molecule has 0 aromatic carbocycles. The topological polar surface area (TPSA) is 101 Å². The van der Waals surface area contributed by atoms with Crippen LogP contribution in [0.5, 0.6) is 0 Å². The van der Waals surface area contributed by atoms with E-state index >= 15 is 0 Å². The molecule has 1 aromatic rings. The van der Waals surface area contributed by atoms with Crippen LogP contribution < -0.4 is 5.73 Å². The first-order valence-electron chi connectivity index (χ1n) is 4.74. The van der Waals surface area contributed by atoms with Crippen LogP contribution >= 0.6 is 11.3 Å². The third-order valence-corrected chi connectivity index (χ3v) is 3.13. The van der Waals surface area contributed by atoms with Crippen LogP contribution in [0.15, 0.2) is 17.5 Å². The van der Waals surface area contributed by atoms with Gasteiger partial charge >= 0.3 is 11.9 Å². The third kappa shape index (κ3) is 3.63. The molecule has 88 valence electrons. The Balaban J connectivity index is 2.61. The molecule has 0 aliphatic rings. The number of carboxylic acid groups (broad SMARTS) is 2. The molecule has 0 saturated heterocycles. The van der Waals surface area contributed by atoms with Gasteiger partial charge in [0.1, 0.15) is 6.04 Å². The molecule has 1 rings (SSSR count). The zero-order valence-electron chi connectivity index (χ0n) is 8.50. The third-order valence-electron chi connectivity index (χ3n) is 2.23. The molecule has 0 bridgehead atoms. The number of thiophene rings is 1. The van der Waals surface area contributed by atoms with Crippen LogP contribution in [0.4, 0.5) is 0 Å². The minimum Gasteiger partial charge on any atom is -0.481 e. The van der Waals surface area contributed by atoms with E-state index in [1.165, 1.54) is 11.3 Å². The van der Waals surface area contributed by atoms with E-state index in [-0.39, 0.29) is 6.42 Å². The molecule has 0 fully saturated rings. The van der Waals surface area contributed by atoms with Crippen LogP contribution in [0.3, 0.4) is 0 Å². The standard InChI is InChI=1S/C10H13NO4S/c11-8(10(14)15)5-6(9(12)13)4-7-2-1-3-16-7/h1-3,6,8H,4-5,11H2,(H,12,13)(H,14,15)/t6-,8-/m0/s1. The van der Waals surface area contributed by atoms with E-state index in [1.54, 1.807) is 0 Å². The van der Waals surface area contributed by atoms with Crippen molar-refractivity contribution in [2.45, 2.75) is 18.9 Å². The summed E-state index contributed by atoms with van der Waals surface area (Å²) in [7, 11) is 0. The van der Waals surface area contributed by atoms with Gasteiger partial charge in [0, 0.05) is 4.88 Å². The number of aliphatic carboxylic acids is 2. The second kappa shape index (κ2) is 5.62. The lowest BCUT2D eigenvalue weighted by Crippen LogP contribution is -2.35. The number of nitrogens with two attached hydrogens (primary N) is 1. The number of hydrogen-bond donors (Lipinski definition) is 3. The van der Waals surface area contributed by atoms with Crippen molar-refractivity contribution in [3.05, 3.63) is 22.4 Å². The van der Waals surface area contributed by atoms with Gasteiger partial charge in [-0.1, -0.05) is 6.07 Å². The van der Waals surface area contributed by atoms with Gasteiger partial charge < -0.3 is 15.9 Å². The Bertz CT molecular complexity index is 363. The zero-order valence-corrected chi connectivity index (χ0v) is 9.31. The fourth-order valence-corrected chi connectivity index (χ4v) is 2.14. The molecular weight excluding hydrogens is 230 g/mol. The first-order chi connectivity index (χ1) is 7.50. The van der Waals surface area contributed by atoms with Gasteiger partial charge in [0.15, 0.2) is 0 Å².